The quantitative estimate of drug-likeness (QED) is 0.615. The Labute approximate surface area is 115 Å². The van der Waals surface area contributed by atoms with Crippen molar-refractivity contribution in [3.63, 3.8) is 0 Å². The largest absolute Gasteiger partial charge is 0.329 e. The van der Waals surface area contributed by atoms with Crippen molar-refractivity contribution in [3.05, 3.63) is 34.1 Å². The maximum atomic E-state index is 13.3. The van der Waals surface area contributed by atoms with Gasteiger partial charge in [0.15, 0.2) is 4.90 Å². The van der Waals surface area contributed by atoms with Gasteiger partial charge in [0.2, 0.25) is 15.8 Å². The van der Waals surface area contributed by atoms with Crippen LogP contribution in [0.15, 0.2) is 23.1 Å². The van der Waals surface area contributed by atoms with E-state index in [0.29, 0.717) is 0 Å². The van der Waals surface area contributed by atoms with E-state index in [1.54, 1.807) is 0 Å². The molecule has 0 unspecified atom stereocenters. The fraction of sp³-hybridized carbons (Fsp3) is 0.333. The lowest BCUT2D eigenvalue weighted by Crippen LogP contribution is -2.38. The Morgan fingerprint density at radius 2 is 2.11 bits per heavy atom. The molecule has 3 N–H and O–H groups in total. The molecule has 10 heteroatoms. The lowest BCUT2D eigenvalue weighted by Gasteiger charge is -2.12. The zero-order valence-electron chi connectivity index (χ0n) is 9.87. The fourth-order valence-corrected chi connectivity index (χ4v) is 2.70. The minimum Gasteiger partial charge on any atom is -0.329 e. The Morgan fingerprint density at radius 1 is 1.53 bits per heavy atom. The Kier molecular flexibility index (Phi) is 6.30. The van der Waals surface area contributed by atoms with Gasteiger partial charge in [-0.2, -0.15) is 4.39 Å². The number of halogens is 2. The number of rotatable bonds is 5. The minimum absolute atomic E-state index is 0. The highest BCUT2D eigenvalue weighted by atomic mass is 35.5. The van der Waals surface area contributed by atoms with Crippen LogP contribution in [0.5, 0.6) is 0 Å². The summed E-state index contributed by atoms with van der Waals surface area (Å²) in [5.41, 5.74) is 4.18. The summed E-state index contributed by atoms with van der Waals surface area (Å²) in [4.78, 5) is 8.91. The van der Waals surface area contributed by atoms with Crippen molar-refractivity contribution in [2.75, 3.05) is 6.54 Å². The molecule has 0 spiro atoms. The van der Waals surface area contributed by atoms with Gasteiger partial charge in [-0.15, -0.1) is 12.4 Å². The van der Waals surface area contributed by atoms with Crippen molar-refractivity contribution in [1.82, 2.24) is 4.72 Å². The van der Waals surface area contributed by atoms with E-state index < -0.39 is 37.4 Å². The van der Waals surface area contributed by atoms with Crippen LogP contribution in [0, 0.1) is 15.9 Å². The third-order valence-corrected chi connectivity index (χ3v) is 3.75. The summed E-state index contributed by atoms with van der Waals surface area (Å²) >= 11 is 0. The fourth-order valence-electron chi connectivity index (χ4n) is 1.27. The molecule has 1 rings (SSSR count). The second kappa shape index (κ2) is 6.75. The number of nitro benzene ring substituents is 1. The van der Waals surface area contributed by atoms with Crippen molar-refractivity contribution >= 4 is 28.1 Å². The first kappa shape index (κ1) is 17.7. The highest BCUT2D eigenvalue weighted by molar-refractivity contribution is 7.89. The van der Waals surface area contributed by atoms with Crippen LogP contribution in [0.4, 0.5) is 10.1 Å². The van der Waals surface area contributed by atoms with Crippen LogP contribution in [0.1, 0.15) is 6.92 Å². The standard InChI is InChI=1S/C9H12FN3O4S.ClH/c1-6(5-11)12-18(16,17)8-4-2-3-7(10)9(8)13(14)15;/h2-4,6,12H,5,11H2,1H3;1H/t6-;/m1./s1. The van der Waals surface area contributed by atoms with E-state index in [2.05, 4.69) is 4.72 Å². The minimum atomic E-state index is -4.18. The molecule has 1 aromatic rings. The van der Waals surface area contributed by atoms with Gasteiger partial charge in [-0.25, -0.2) is 13.1 Å². The Hall–Kier alpha value is -1.29. The summed E-state index contributed by atoms with van der Waals surface area (Å²) in [6, 6.07) is 2.26. The van der Waals surface area contributed by atoms with E-state index >= 15 is 0 Å². The monoisotopic (exact) mass is 313 g/mol. The number of hydrogen-bond donors (Lipinski definition) is 2. The molecule has 0 aliphatic heterocycles. The molecular weight excluding hydrogens is 301 g/mol. The van der Waals surface area contributed by atoms with Crippen LogP contribution in [-0.2, 0) is 10.0 Å². The summed E-state index contributed by atoms with van der Waals surface area (Å²) in [5, 5.41) is 10.7. The van der Waals surface area contributed by atoms with Gasteiger partial charge in [0.1, 0.15) is 0 Å². The van der Waals surface area contributed by atoms with Crippen molar-refractivity contribution in [2.45, 2.75) is 17.9 Å². The Balaban J connectivity index is 0.00000324. The topological polar surface area (TPSA) is 115 Å². The van der Waals surface area contributed by atoms with Crippen molar-refractivity contribution in [2.24, 2.45) is 5.73 Å². The van der Waals surface area contributed by atoms with E-state index in [4.69, 9.17) is 5.73 Å². The maximum Gasteiger partial charge on any atom is 0.324 e. The van der Waals surface area contributed by atoms with E-state index in [-0.39, 0.29) is 19.0 Å². The number of nitro groups is 1. The molecule has 0 fully saturated rings. The number of sulfonamides is 1. The second-order valence-corrected chi connectivity index (χ2v) is 5.28. The molecule has 0 aliphatic carbocycles. The van der Waals surface area contributed by atoms with Crippen molar-refractivity contribution in [3.8, 4) is 0 Å². The summed E-state index contributed by atoms with van der Waals surface area (Å²) in [6.45, 7) is 1.50. The number of nitrogens with two attached hydrogens (primary N) is 1. The molecule has 0 amide bonds. The van der Waals surface area contributed by atoms with Gasteiger partial charge >= 0.3 is 5.69 Å². The molecular formula is C9H13ClFN3O4S. The number of hydrogen-bond acceptors (Lipinski definition) is 5. The van der Waals surface area contributed by atoms with Crippen molar-refractivity contribution < 1.29 is 17.7 Å². The third kappa shape index (κ3) is 4.10. The first-order valence-corrected chi connectivity index (χ1v) is 6.43. The van der Waals surface area contributed by atoms with E-state index in [9.17, 15) is 22.9 Å². The summed E-state index contributed by atoms with van der Waals surface area (Å²) in [6.07, 6.45) is 0. The normalized spacial score (nSPS) is 12.6. The highest BCUT2D eigenvalue weighted by Gasteiger charge is 2.29. The van der Waals surface area contributed by atoms with Gasteiger partial charge < -0.3 is 5.73 Å². The van der Waals surface area contributed by atoms with Crippen LogP contribution in [0.3, 0.4) is 0 Å². The highest BCUT2D eigenvalue weighted by Crippen LogP contribution is 2.26. The van der Waals surface area contributed by atoms with Crippen LogP contribution in [0.25, 0.3) is 0 Å². The molecule has 0 saturated carbocycles. The second-order valence-electron chi connectivity index (χ2n) is 3.60. The first-order chi connectivity index (χ1) is 8.29. The van der Waals surface area contributed by atoms with Gasteiger partial charge in [-0.05, 0) is 19.1 Å². The van der Waals surface area contributed by atoms with Gasteiger partial charge in [-0.1, -0.05) is 6.07 Å². The molecule has 108 valence electrons. The predicted molar refractivity (Wildman–Crippen MR) is 69.1 cm³/mol. The molecule has 0 bridgehead atoms. The molecule has 1 atom stereocenters. The molecule has 0 saturated heterocycles. The average molecular weight is 314 g/mol. The predicted octanol–water partition coefficient (Wildman–Crippen LogP) is 0.781. The van der Waals surface area contributed by atoms with Gasteiger partial charge in [0.05, 0.1) is 4.92 Å². The zero-order chi connectivity index (χ0) is 13.9. The van der Waals surface area contributed by atoms with Gasteiger partial charge in [-0.3, -0.25) is 10.1 Å². The van der Waals surface area contributed by atoms with Crippen LogP contribution in [0.2, 0.25) is 0 Å². The molecule has 0 aliphatic rings. The zero-order valence-corrected chi connectivity index (χ0v) is 11.5. The number of nitrogens with zero attached hydrogens (tertiary/aromatic N) is 1. The molecule has 1 aromatic carbocycles. The smallest absolute Gasteiger partial charge is 0.324 e. The van der Waals surface area contributed by atoms with E-state index in [1.807, 2.05) is 0 Å². The molecule has 7 nitrogen and oxygen atoms in total. The lowest BCUT2D eigenvalue weighted by molar-refractivity contribution is -0.390. The maximum absolute atomic E-state index is 13.3. The third-order valence-electron chi connectivity index (χ3n) is 2.13. The summed E-state index contributed by atoms with van der Waals surface area (Å²) in [5.74, 6) is -1.21. The van der Waals surface area contributed by atoms with E-state index in [0.717, 1.165) is 18.2 Å². The Morgan fingerprint density at radius 3 is 2.58 bits per heavy atom. The number of nitrogens with one attached hydrogen (secondary N) is 1. The lowest BCUT2D eigenvalue weighted by atomic mass is 10.3. The van der Waals surface area contributed by atoms with Crippen LogP contribution < -0.4 is 10.5 Å². The summed E-state index contributed by atoms with van der Waals surface area (Å²) < 4.78 is 39.1. The Bertz CT molecular complexity index is 567. The first-order valence-electron chi connectivity index (χ1n) is 4.95. The molecule has 19 heavy (non-hydrogen) atoms. The SMILES string of the molecule is C[C@H](CN)NS(=O)(=O)c1cccc(F)c1[N+](=O)[O-].Cl. The molecule has 0 radical (unpaired) electrons. The van der Waals surface area contributed by atoms with Crippen LogP contribution in [-0.4, -0.2) is 25.9 Å². The van der Waals surface area contributed by atoms with Crippen LogP contribution >= 0.6 is 12.4 Å². The van der Waals surface area contributed by atoms with E-state index in [1.165, 1.54) is 6.92 Å². The molecule has 0 aromatic heterocycles. The van der Waals surface area contributed by atoms with Crippen molar-refractivity contribution in [1.29, 1.82) is 0 Å². The average Bonchev–Trinajstić information content (AvgIpc) is 2.27. The number of para-hydroxylation sites is 1. The van der Waals surface area contributed by atoms with Gasteiger partial charge in [0.25, 0.3) is 0 Å². The summed E-state index contributed by atoms with van der Waals surface area (Å²) in [7, 11) is -4.18. The molecule has 0 heterocycles. The van der Waals surface area contributed by atoms with Gasteiger partial charge in [0, 0.05) is 12.6 Å². The number of benzene rings is 1.